The fraction of sp³-hybridized carbons (Fsp3) is 0.133. The molecule has 0 spiro atoms. The van der Waals surface area contributed by atoms with Gasteiger partial charge in [0.25, 0.3) is 5.91 Å². The number of rotatable bonds is 0. The fourth-order valence-corrected chi connectivity index (χ4v) is 3.15. The van der Waals surface area contributed by atoms with E-state index >= 15 is 0 Å². The first-order chi connectivity index (χ1) is 8.31. The molecule has 1 N–H and O–H groups in total. The lowest BCUT2D eigenvalue weighted by Crippen LogP contribution is -2.49. The molecule has 0 saturated carbocycles. The van der Waals surface area contributed by atoms with Gasteiger partial charge < -0.3 is 5.32 Å². The van der Waals surface area contributed by atoms with Crippen molar-refractivity contribution in [3.8, 4) is 0 Å². The Labute approximate surface area is 99.4 Å². The Balaban J connectivity index is 2.04. The molecule has 3 aliphatic carbocycles. The van der Waals surface area contributed by atoms with E-state index in [2.05, 4.69) is 29.6 Å². The Bertz CT molecular complexity index is 613. The van der Waals surface area contributed by atoms with Gasteiger partial charge in [-0.2, -0.15) is 0 Å². The van der Waals surface area contributed by atoms with E-state index in [-0.39, 0.29) is 17.4 Å². The molecule has 0 aromatic heterocycles. The maximum Gasteiger partial charge on any atom is 0.252 e. The lowest BCUT2D eigenvalue weighted by atomic mass is 9.68. The first kappa shape index (κ1) is 8.99. The molecule has 4 aliphatic rings. The van der Waals surface area contributed by atoms with E-state index in [1.165, 1.54) is 5.57 Å². The number of allylic oxidation sites excluding steroid dienone is 5. The molecule has 2 unspecified atom stereocenters. The van der Waals surface area contributed by atoms with Gasteiger partial charge in [0.1, 0.15) is 0 Å². The highest BCUT2D eigenvalue weighted by Gasteiger charge is 2.50. The van der Waals surface area contributed by atoms with Crippen LogP contribution in [0.1, 0.15) is 0 Å². The third-order valence-electron chi connectivity index (χ3n) is 3.90. The predicted octanol–water partition coefficient (Wildman–Crippen LogP) is 1.96. The van der Waals surface area contributed by atoms with Crippen LogP contribution in [0.25, 0.3) is 0 Å². The van der Waals surface area contributed by atoms with Gasteiger partial charge in [-0.05, 0) is 17.2 Å². The zero-order chi connectivity index (χ0) is 11.5. The van der Waals surface area contributed by atoms with Crippen molar-refractivity contribution in [1.82, 2.24) is 5.32 Å². The zero-order valence-corrected chi connectivity index (χ0v) is 9.18. The molecule has 2 atom stereocenters. The van der Waals surface area contributed by atoms with Crippen molar-refractivity contribution in [2.24, 2.45) is 5.92 Å². The van der Waals surface area contributed by atoms with E-state index in [1.807, 2.05) is 30.4 Å². The van der Waals surface area contributed by atoms with Crippen LogP contribution in [-0.4, -0.2) is 11.4 Å². The highest BCUT2D eigenvalue weighted by molar-refractivity contribution is 6.04. The SMILES string of the molecule is O=C1NC23C=CC=CC2=C1C=C1C=CC=CC13. The molecule has 2 bridgehead atoms. The molecule has 82 valence electrons. The van der Waals surface area contributed by atoms with Gasteiger partial charge in [0.05, 0.1) is 5.54 Å². The molecular weight excluding hydrogens is 210 g/mol. The molecule has 0 aromatic rings. The van der Waals surface area contributed by atoms with Crippen molar-refractivity contribution in [1.29, 1.82) is 0 Å². The van der Waals surface area contributed by atoms with Crippen LogP contribution in [0.15, 0.2) is 71.4 Å². The van der Waals surface area contributed by atoms with Crippen molar-refractivity contribution in [2.45, 2.75) is 5.54 Å². The lowest BCUT2D eigenvalue weighted by molar-refractivity contribution is -0.117. The maximum atomic E-state index is 12.0. The maximum absolute atomic E-state index is 12.0. The number of hydrogen-bond donors (Lipinski definition) is 1. The van der Waals surface area contributed by atoms with Crippen LogP contribution in [0.4, 0.5) is 0 Å². The van der Waals surface area contributed by atoms with Crippen LogP contribution < -0.4 is 5.32 Å². The largest absolute Gasteiger partial charge is 0.338 e. The smallest absolute Gasteiger partial charge is 0.252 e. The van der Waals surface area contributed by atoms with E-state index in [1.54, 1.807) is 0 Å². The van der Waals surface area contributed by atoms with Gasteiger partial charge in [-0.3, -0.25) is 4.79 Å². The third-order valence-corrected chi connectivity index (χ3v) is 3.90. The van der Waals surface area contributed by atoms with E-state index in [9.17, 15) is 4.79 Å². The molecule has 0 saturated heterocycles. The predicted molar refractivity (Wildman–Crippen MR) is 66.0 cm³/mol. The second kappa shape index (κ2) is 2.77. The third kappa shape index (κ3) is 0.936. The number of carbonyl (C=O) groups is 1. The second-order valence-corrected chi connectivity index (χ2v) is 4.73. The van der Waals surface area contributed by atoms with Crippen molar-refractivity contribution in [2.75, 3.05) is 0 Å². The van der Waals surface area contributed by atoms with Gasteiger partial charge in [-0.25, -0.2) is 0 Å². The minimum absolute atomic E-state index is 0.0416. The van der Waals surface area contributed by atoms with E-state index < -0.39 is 0 Å². The van der Waals surface area contributed by atoms with Crippen molar-refractivity contribution < 1.29 is 4.79 Å². The molecule has 2 nitrogen and oxygen atoms in total. The average Bonchev–Trinajstić information content (AvgIpc) is 2.58. The number of amides is 1. The molecule has 0 fully saturated rings. The lowest BCUT2D eigenvalue weighted by Gasteiger charge is -2.39. The topological polar surface area (TPSA) is 29.1 Å². The van der Waals surface area contributed by atoms with Crippen LogP contribution in [0, 0.1) is 5.92 Å². The van der Waals surface area contributed by atoms with Gasteiger partial charge >= 0.3 is 0 Å². The average molecular weight is 221 g/mol. The van der Waals surface area contributed by atoms with Gasteiger partial charge in [-0.1, -0.05) is 48.6 Å². The number of fused-ring (bicyclic) bond motifs is 1. The van der Waals surface area contributed by atoms with Crippen LogP contribution in [0.5, 0.6) is 0 Å². The minimum atomic E-state index is -0.341. The van der Waals surface area contributed by atoms with Gasteiger partial charge in [0, 0.05) is 11.5 Å². The van der Waals surface area contributed by atoms with Crippen LogP contribution in [-0.2, 0) is 4.79 Å². The highest BCUT2D eigenvalue weighted by atomic mass is 16.2. The summed E-state index contributed by atoms with van der Waals surface area (Å²) < 4.78 is 0. The minimum Gasteiger partial charge on any atom is -0.338 e. The summed E-state index contributed by atoms with van der Waals surface area (Å²) >= 11 is 0. The van der Waals surface area contributed by atoms with Gasteiger partial charge in [-0.15, -0.1) is 0 Å². The summed E-state index contributed by atoms with van der Waals surface area (Å²) in [6.45, 7) is 0. The summed E-state index contributed by atoms with van der Waals surface area (Å²) in [4.78, 5) is 12.0. The molecular formula is C15H11NO. The monoisotopic (exact) mass is 221 g/mol. The van der Waals surface area contributed by atoms with Crippen LogP contribution in [0.2, 0.25) is 0 Å². The quantitative estimate of drug-likeness (QED) is 0.665. The molecule has 1 heterocycles. The Morgan fingerprint density at radius 3 is 2.94 bits per heavy atom. The first-order valence-electron chi connectivity index (χ1n) is 5.81. The molecule has 4 rings (SSSR count). The number of carbonyl (C=O) groups excluding carboxylic acids is 1. The molecule has 1 amide bonds. The van der Waals surface area contributed by atoms with Crippen molar-refractivity contribution in [3.05, 3.63) is 71.4 Å². The number of hydrogen-bond acceptors (Lipinski definition) is 1. The summed E-state index contributed by atoms with van der Waals surface area (Å²) in [5.41, 5.74) is 2.80. The molecule has 2 heteroatoms. The molecule has 1 aliphatic heterocycles. The van der Waals surface area contributed by atoms with E-state index in [4.69, 9.17) is 0 Å². The second-order valence-electron chi connectivity index (χ2n) is 4.73. The van der Waals surface area contributed by atoms with Crippen LogP contribution in [0.3, 0.4) is 0 Å². The summed E-state index contributed by atoms with van der Waals surface area (Å²) in [6.07, 6.45) is 18.5. The van der Waals surface area contributed by atoms with Gasteiger partial charge in [0.15, 0.2) is 0 Å². The van der Waals surface area contributed by atoms with Crippen molar-refractivity contribution in [3.63, 3.8) is 0 Å². The zero-order valence-electron chi connectivity index (χ0n) is 9.18. The highest BCUT2D eigenvalue weighted by Crippen LogP contribution is 2.47. The Hall–Kier alpha value is -2.09. The standard InChI is InChI=1S/C15H11NO/c17-14-11-9-10-5-1-2-6-12(10)15(16-14)8-4-3-7-13(11)15/h1-9,12H,(H,16,17). The normalized spacial score (nSPS) is 35.6. The van der Waals surface area contributed by atoms with Gasteiger partial charge in [0.2, 0.25) is 0 Å². The Morgan fingerprint density at radius 2 is 2.00 bits per heavy atom. The summed E-state index contributed by atoms with van der Waals surface area (Å²) in [5, 5.41) is 3.14. The summed E-state index contributed by atoms with van der Waals surface area (Å²) in [5.74, 6) is 0.263. The summed E-state index contributed by atoms with van der Waals surface area (Å²) in [6, 6.07) is 0. The molecule has 0 radical (unpaired) electrons. The molecule has 17 heavy (non-hydrogen) atoms. The molecule has 0 aromatic carbocycles. The van der Waals surface area contributed by atoms with Crippen LogP contribution >= 0.6 is 0 Å². The Kier molecular flexibility index (Phi) is 1.47. The van der Waals surface area contributed by atoms with E-state index in [0.29, 0.717) is 0 Å². The van der Waals surface area contributed by atoms with E-state index in [0.717, 1.165) is 11.1 Å². The van der Waals surface area contributed by atoms with Crippen molar-refractivity contribution >= 4 is 5.91 Å². The Morgan fingerprint density at radius 1 is 1.12 bits per heavy atom. The first-order valence-corrected chi connectivity index (χ1v) is 5.81. The fourth-order valence-electron chi connectivity index (χ4n) is 3.15. The number of nitrogens with one attached hydrogen (secondary N) is 1. The summed E-state index contributed by atoms with van der Waals surface area (Å²) in [7, 11) is 0.